The molecular formula is C23H27F5N2O4S. The molecule has 1 saturated heterocycles. The van der Waals surface area contributed by atoms with E-state index in [0.29, 0.717) is 25.1 Å². The van der Waals surface area contributed by atoms with Crippen molar-refractivity contribution < 1.29 is 38.5 Å². The second kappa shape index (κ2) is 8.58. The third kappa shape index (κ3) is 7.74. The number of anilines is 1. The minimum Gasteiger partial charge on any atom is -0.457 e. The Balaban J connectivity index is 1.57. The molecule has 0 spiro atoms. The Morgan fingerprint density at radius 1 is 0.943 bits per heavy atom. The zero-order valence-corrected chi connectivity index (χ0v) is 20.2. The van der Waals surface area contributed by atoms with Gasteiger partial charge in [-0.2, -0.15) is 0 Å². The van der Waals surface area contributed by atoms with Gasteiger partial charge in [0.25, 0.3) is 0 Å². The predicted octanol–water partition coefficient (Wildman–Crippen LogP) is 7.72. The third-order valence-corrected chi connectivity index (χ3v) is 6.23. The van der Waals surface area contributed by atoms with E-state index in [-0.39, 0.29) is 36.1 Å². The number of carbonyl (C=O) groups excluding carboxylic acids is 2. The standard InChI is InChI=1S/C23H27F5N2O4S/c1-23(2,3)34-22(32)30-14-4-5-16(15-30)21(31)29-17-6-8-18(9-7-17)33-19-10-12-20(13-11-19)35(24,25,26,27)28/h6-13,16H,4-5,14-15H2,1-3H3,(H,29,31). The molecule has 0 aliphatic carbocycles. The van der Waals surface area contributed by atoms with Crippen LogP contribution >= 0.6 is 10.2 Å². The normalized spacial score (nSPS) is 18.7. The first-order valence-electron chi connectivity index (χ1n) is 10.8. The molecule has 3 rings (SSSR count). The minimum absolute atomic E-state index is 0.0585. The van der Waals surface area contributed by atoms with Crippen LogP contribution in [0.15, 0.2) is 53.4 Å². The van der Waals surface area contributed by atoms with E-state index in [0.717, 1.165) is 12.1 Å². The maximum absolute atomic E-state index is 12.8. The average molecular weight is 523 g/mol. The lowest BCUT2D eigenvalue weighted by Crippen LogP contribution is -2.45. The molecular weight excluding hydrogens is 495 g/mol. The Morgan fingerprint density at radius 2 is 1.49 bits per heavy atom. The van der Waals surface area contributed by atoms with Gasteiger partial charge in [0.05, 0.1) is 5.92 Å². The molecule has 0 saturated carbocycles. The highest BCUT2D eigenvalue weighted by Crippen LogP contribution is 3.02. The highest BCUT2D eigenvalue weighted by molar-refractivity contribution is 8.45. The van der Waals surface area contributed by atoms with Crippen molar-refractivity contribution in [1.29, 1.82) is 0 Å². The van der Waals surface area contributed by atoms with Crippen molar-refractivity contribution >= 4 is 27.9 Å². The van der Waals surface area contributed by atoms with Gasteiger partial charge in [-0.1, -0.05) is 19.4 Å². The van der Waals surface area contributed by atoms with E-state index in [2.05, 4.69) is 5.32 Å². The van der Waals surface area contributed by atoms with Gasteiger partial charge in [0, 0.05) is 18.8 Å². The fourth-order valence-corrected chi connectivity index (χ4v) is 4.09. The predicted molar refractivity (Wildman–Crippen MR) is 124 cm³/mol. The number of ether oxygens (including phenoxy) is 2. The van der Waals surface area contributed by atoms with Crippen molar-refractivity contribution in [1.82, 2.24) is 4.90 Å². The number of benzene rings is 2. The molecule has 2 aromatic rings. The summed E-state index contributed by atoms with van der Waals surface area (Å²) in [7, 11) is -9.74. The summed E-state index contributed by atoms with van der Waals surface area (Å²) in [5, 5.41) is 2.77. The van der Waals surface area contributed by atoms with Gasteiger partial charge in [-0.05, 0) is 82.1 Å². The lowest BCUT2D eigenvalue weighted by molar-refractivity contribution is -0.121. The maximum Gasteiger partial charge on any atom is 0.410 e. The summed E-state index contributed by atoms with van der Waals surface area (Å²) in [5.74, 6) is -0.507. The first-order chi connectivity index (χ1) is 15.9. The van der Waals surface area contributed by atoms with Crippen LogP contribution in [0.25, 0.3) is 0 Å². The molecule has 1 fully saturated rings. The molecule has 0 radical (unpaired) electrons. The number of nitrogens with one attached hydrogen (secondary N) is 1. The fraction of sp³-hybridized carbons (Fsp3) is 0.391. The molecule has 1 unspecified atom stereocenters. The van der Waals surface area contributed by atoms with Crippen LogP contribution in [0.2, 0.25) is 0 Å². The van der Waals surface area contributed by atoms with Crippen molar-refractivity contribution in [3.8, 4) is 11.5 Å². The Labute approximate surface area is 200 Å². The number of amides is 2. The number of nitrogens with zero attached hydrogens (tertiary/aromatic N) is 1. The molecule has 12 heteroatoms. The molecule has 6 nitrogen and oxygen atoms in total. The molecule has 2 aromatic carbocycles. The number of hydrogen-bond donors (Lipinski definition) is 1. The van der Waals surface area contributed by atoms with Crippen molar-refractivity contribution in [2.24, 2.45) is 5.92 Å². The van der Waals surface area contributed by atoms with Crippen LogP contribution in [0.5, 0.6) is 11.5 Å². The molecule has 1 heterocycles. The molecule has 1 atom stereocenters. The van der Waals surface area contributed by atoms with Crippen LogP contribution in [0.4, 0.5) is 29.9 Å². The zero-order valence-electron chi connectivity index (χ0n) is 19.4. The van der Waals surface area contributed by atoms with Crippen LogP contribution in [-0.4, -0.2) is 35.6 Å². The van der Waals surface area contributed by atoms with Crippen molar-refractivity contribution in [2.45, 2.75) is 44.1 Å². The van der Waals surface area contributed by atoms with Crippen LogP contribution in [-0.2, 0) is 9.53 Å². The molecule has 2 amide bonds. The zero-order chi connectivity index (χ0) is 26.1. The topological polar surface area (TPSA) is 67.9 Å². The summed E-state index contributed by atoms with van der Waals surface area (Å²) in [6.07, 6.45) is 0.803. The van der Waals surface area contributed by atoms with E-state index in [4.69, 9.17) is 9.47 Å². The Morgan fingerprint density at radius 3 is 2.00 bits per heavy atom. The molecule has 0 aromatic heterocycles. The van der Waals surface area contributed by atoms with E-state index < -0.39 is 32.7 Å². The van der Waals surface area contributed by atoms with Gasteiger partial charge in [-0.15, -0.1) is 0 Å². The first kappa shape index (κ1) is 26.6. The van der Waals surface area contributed by atoms with Crippen molar-refractivity contribution in [3.05, 3.63) is 48.5 Å². The van der Waals surface area contributed by atoms with Gasteiger partial charge in [-0.3, -0.25) is 4.79 Å². The van der Waals surface area contributed by atoms with Crippen molar-refractivity contribution in [3.63, 3.8) is 0 Å². The summed E-state index contributed by atoms with van der Waals surface area (Å²) < 4.78 is 74.8. The maximum atomic E-state index is 12.8. The Hall–Kier alpha value is -3.02. The van der Waals surface area contributed by atoms with Crippen LogP contribution in [0.1, 0.15) is 33.6 Å². The quantitative estimate of drug-likeness (QED) is 0.408. The van der Waals surface area contributed by atoms with Gasteiger partial charge in [0.2, 0.25) is 5.91 Å². The van der Waals surface area contributed by atoms with Gasteiger partial charge < -0.3 is 19.7 Å². The Kier molecular flexibility index (Phi) is 6.51. The molecule has 0 bridgehead atoms. The summed E-state index contributed by atoms with van der Waals surface area (Å²) >= 11 is 0. The fourth-order valence-electron chi connectivity index (χ4n) is 3.44. The largest absolute Gasteiger partial charge is 0.457 e. The molecule has 1 aliphatic heterocycles. The summed E-state index contributed by atoms with van der Waals surface area (Å²) in [6, 6.07) is 8.18. The molecule has 1 aliphatic rings. The lowest BCUT2D eigenvalue weighted by Gasteiger charge is -2.40. The minimum atomic E-state index is -9.74. The van der Waals surface area contributed by atoms with Gasteiger partial charge in [-0.25, -0.2) is 4.79 Å². The lowest BCUT2D eigenvalue weighted by atomic mass is 9.97. The highest BCUT2D eigenvalue weighted by atomic mass is 32.5. The number of halogens is 5. The van der Waals surface area contributed by atoms with E-state index in [9.17, 15) is 29.0 Å². The summed E-state index contributed by atoms with van der Waals surface area (Å²) in [5.41, 5.74) is -0.184. The van der Waals surface area contributed by atoms with Gasteiger partial charge in [0.1, 0.15) is 22.0 Å². The molecule has 1 N–H and O–H groups in total. The van der Waals surface area contributed by atoms with Crippen LogP contribution in [0, 0.1) is 5.92 Å². The molecule has 35 heavy (non-hydrogen) atoms. The summed E-state index contributed by atoms with van der Waals surface area (Å²) in [4.78, 5) is 24.5. The first-order valence-corrected chi connectivity index (χ1v) is 12.8. The monoisotopic (exact) mass is 522 g/mol. The van der Waals surface area contributed by atoms with E-state index >= 15 is 0 Å². The number of hydrogen-bond acceptors (Lipinski definition) is 4. The number of piperidine rings is 1. The number of carbonyl (C=O) groups is 2. The second-order valence-electron chi connectivity index (χ2n) is 9.32. The third-order valence-electron chi connectivity index (χ3n) is 5.07. The number of rotatable bonds is 5. The van der Waals surface area contributed by atoms with E-state index in [1.165, 1.54) is 29.2 Å². The van der Waals surface area contributed by atoms with Gasteiger partial charge >= 0.3 is 16.3 Å². The SMILES string of the molecule is CC(C)(C)OC(=O)N1CCCC(C(=O)Nc2ccc(Oc3ccc(S(F)(F)(F)(F)F)cc3)cc2)C1. The van der Waals surface area contributed by atoms with Crippen LogP contribution < -0.4 is 10.1 Å². The number of likely N-dealkylation sites (tertiary alicyclic amines) is 1. The Bertz CT molecular complexity index is 1090. The highest BCUT2D eigenvalue weighted by Gasteiger charge is 2.65. The molecule has 194 valence electrons. The average Bonchev–Trinajstić information content (AvgIpc) is 2.73. The van der Waals surface area contributed by atoms with E-state index in [1.54, 1.807) is 20.8 Å². The van der Waals surface area contributed by atoms with Gasteiger partial charge in [0.15, 0.2) is 0 Å². The van der Waals surface area contributed by atoms with E-state index in [1.807, 2.05) is 0 Å². The van der Waals surface area contributed by atoms with Crippen LogP contribution in [0.3, 0.4) is 0 Å². The second-order valence-corrected chi connectivity index (χ2v) is 11.7. The van der Waals surface area contributed by atoms with Crippen molar-refractivity contribution in [2.75, 3.05) is 18.4 Å². The smallest absolute Gasteiger partial charge is 0.410 e. The summed E-state index contributed by atoms with van der Waals surface area (Å²) in [6.45, 7) is 6.04.